The van der Waals surface area contributed by atoms with Crippen molar-refractivity contribution in [2.24, 2.45) is 0 Å². The van der Waals surface area contributed by atoms with Gasteiger partial charge < -0.3 is 9.64 Å². The van der Waals surface area contributed by atoms with Gasteiger partial charge in [0.1, 0.15) is 11.6 Å². The molecule has 2 aromatic carbocycles. The summed E-state index contributed by atoms with van der Waals surface area (Å²) >= 11 is 0. The Balaban J connectivity index is 1.58. The largest absolute Gasteiger partial charge is 0.481 e. The first kappa shape index (κ1) is 20.3. The molecule has 1 amide bonds. The Kier molecular flexibility index (Phi) is 6.00. The van der Waals surface area contributed by atoms with Gasteiger partial charge in [-0.15, -0.1) is 0 Å². The van der Waals surface area contributed by atoms with Gasteiger partial charge in [0.25, 0.3) is 5.91 Å². The molecule has 3 rings (SSSR count). The lowest BCUT2D eigenvalue weighted by atomic mass is 10.2. The zero-order chi connectivity index (χ0) is 20.3. The van der Waals surface area contributed by atoms with E-state index < -0.39 is 21.9 Å². The smallest absolute Gasteiger partial charge is 0.263 e. The summed E-state index contributed by atoms with van der Waals surface area (Å²) in [6, 6.07) is 12.2. The van der Waals surface area contributed by atoms with Crippen molar-refractivity contribution in [3.05, 3.63) is 59.9 Å². The average molecular weight is 406 g/mol. The van der Waals surface area contributed by atoms with Crippen molar-refractivity contribution in [3.63, 3.8) is 0 Å². The van der Waals surface area contributed by atoms with Crippen molar-refractivity contribution in [1.82, 2.24) is 9.21 Å². The maximum Gasteiger partial charge on any atom is 0.263 e. The highest BCUT2D eigenvalue weighted by atomic mass is 32.2. The van der Waals surface area contributed by atoms with Crippen molar-refractivity contribution in [1.29, 1.82) is 0 Å². The van der Waals surface area contributed by atoms with E-state index in [-0.39, 0.29) is 37.0 Å². The highest BCUT2D eigenvalue weighted by molar-refractivity contribution is 7.89. The lowest BCUT2D eigenvalue weighted by Gasteiger charge is -2.35. The summed E-state index contributed by atoms with van der Waals surface area (Å²) in [6.45, 7) is 4.58. The van der Waals surface area contributed by atoms with E-state index in [0.29, 0.717) is 5.75 Å². The summed E-state index contributed by atoms with van der Waals surface area (Å²) in [6.07, 6.45) is -0.664. The number of aryl methyl sites for hydroxylation is 1. The summed E-state index contributed by atoms with van der Waals surface area (Å²) in [4.78, 5) is 14.3. The molecule has 0 spiro atoms. The van der Waals surface area contributed by atoms with Crippen LogP contribution in [0.25, 0.3) is 0 Å². The second kappa shape index (κ2) is 8.28. The van der Waals surface area contributed by atoms with Crippen LogP contribution in [-0.4, -0.2) is 55.8 Å². The van der Waals surface area contributed by atoms with E-state index in [4.69, 9.17) is 4.74 Å². The Labute approximate surface area is 164 Å². The first-order valence-corrected chi connectivity index (χ1v) is 10.5. The molecule has 0 aromatic heterocycles. The standard InChI is InChI=1S/C20H23FN2O4S/c1-15-3-7-18(8-4-15)27-16(2)20(24)22-11-13-23(14-12-22)28(25,26)19-9-5-17(21)6-10-19/h3-10,16H,11-14H2,1-2H3/t16-/m0/s1. The maximum absolute atomic E-state index is 13.0. The molecular weight excluding hydrogens is 383 g/mol. The molecule has 2 aromatic rings. The quantitative estimate of drug-likeness (QED) is 0.765. The predicted octanol–water partition coefficient (Wildman–Crippen LogP) is 2.43. The van der Waals surface area contributed by atoms with Crippen molar-refractivity contribution in [2.45, 2.75) is 24.8 Å². The summed E-state index contributed by atoms with van der Waals surface area (Å²) in [5, 5.41) is 0. The molecule has 1 saturated heterocycles. The minimum Gasteiger partial charge on any atom is -0.481 e. The molecule has 0 aliphatic carbocycles. The first-order chi connectivity index (χ1) is 13.3. The zero-order valence-electron chi connectivity index (χ0n) is 15.8. The normalized spacial score (nSPS) is 16.6. The van der Waals surface area contributed by atoms with E-state index in [9.17, 15) is 17.6 Å². The number of amides is 1. The fourth-order valence-corrected chi connectivity index (χ4v) is 4.46. The van der Waals surface area contributed by atoms with Gasteiger partial charge in [0.05, 0.1) is 4.90 Å². The third kappa shape index (κ3) is 4.51. The van der Waals surface area contributed by atoms with Gasteiger partial charge >= 0.3 is 0 Å². The number of piperazine rings is 1. The molecular formula is C20H23FN2O4S. The van der Waals surface area contributed by atoms with E-state index in [1.54, 1.807) is 11.8 Å². The number of benzene rings is 2. The lowest BCUT2D eigenvalue weighted by molar-refractivity contribution is -0.139. The summed E-state index contributed by atoms with van der Waals surface area (Å²) in [5.41, 5.74) is 1.10. The third-order valence-electron chi connectivity index (χ3n) is 4.68. The fourth-order valence-electron chi connectivity index (χ4n) is 3.03. The molecule has 1 atom stereocenters. The van der Waals surface area contributed by atoms with Gasteiger partial charge in [0.2, 0.25) is 10.0 Å². The fraction of sp³-hybridized carbons (Fsp3) is 0.350. The third-order valence-corrected chi connectivity index (χ3v) is 6.60. The predicted molar refractivity (Wildman–Crippen MR) is 103 cm³/mol. The van der Waals surface area contributed by atoms with Gasteiger partial charge in [0.15, 0.2) is 6.10 Å². The molecule has 1 heterocycles. The Hall–Kier alpha value is -2.45. The number of carbonyl (C=O) groups is 1. The van der Waals surface area contributed by atoms with Crippen molar-refractivity contribution in [2.75, 3.05) is 26.2 Å². The molecule has 0 bridgehead atoms. The lowest BCUT2D eigenvalue weighted by Crippen LogP contribution is -2.53. The minimum atomic E-state index is -3.70. The Morgan fingerprint density at radius 1 is 1.00 bits per heavy atom. The second-order valence-corrected chi connectivity index (χ2v) is 8.69. The monoisotopic (exact) mass is 406 g/mol. The van der Waals surface area contributed by atoms with Crippen LogP contribution in [0.3, 0.4) is 0 Å². The van der Waals surface area contributed by atoms with Crippen LogP contribution < -0.4 is 4.74 Å². The highest BCUT2D eigenvalue weighted by Crippen LogP contribution is 2.19. The number of halogens is 1. The SMILES string of the molecule is Cc1ccc(O[C@@H](C)C(=O)N2CCN(S(=O)(=O)c3ccc(F)cc3)CC2)cc1. The molecule has 0 radical (unpaired) electrons. The number of rotatable bonds is 5. The maximum atomic E-state index is 13.0. The van der Waals surface area contributed by atoms with Crippen LogP contribution in [0.5, 0.6) is 5.75 Å². The first-order valence-electron chi connectivity index (χ1n) is 9.05. The van der Waals surface area contributed by atoms with Crippen LogP contribution in [0.2, 0.25) is 0 Å². The number of nitrogens with zero attached hydrogens (tertiary/aromatic N) is 2. The van der Waals surface area contributed by atoms with Gasteiger partial charge in [0, 0.05) is 26.2 Å². The van der Waals surface area contributed by atoms with Crippen LogP contribution in [0.1, 0.15) is 12.5 Å². The van der Waals surface area contributed by atoms with Gasteiger partial charge in [-0.2, -0.15) is 4.31 Å². The summed E-state index contributed by atoms with van der Waals surface area (Å²) in [7, 11) is -3.70. The Morgan fingerprint density at radius 3 is 2.14 bits per heavy atom. The molecule has 150 valence electrons. The van der Waals surface area contributed by atoms with Crippen LogP contribution in [0, 0.1) is 12.7 Å². The Morgan fingerprint density at radius 2 is 1.57 bits per heavy atom. The highest BCUT2D eigenvalue weighted by Gasteiger charge is 2.32. The van der Waals surface area contributed by atoms with Crippen LogP contribution in [0.4, 0.5) is 4.39 Å². The van der Waals surface area contributed by atoms with Gasteiger partial charge in [-0.05, 0) is 50.2 Å². The molecule has 0 N–H and O–H groups in total. The van der Waals surface area contributed by atoms with E-state index >= 15 is 0 Å². The van der Waals surface area contributed by atoms with Crippen LogP contribution in [0.15, 0.2) is 53.4 Å². The Bertz CT molecular complexity index is 922. The molecule has 0 saturated carbocycles. The number of sulfonamides is 1. The topological polar surface area (TPSA) is 66.9 Å². The van der Waals surface area contributed by atoms with Crippen molar-refractivity contribution < 1.29 is 22.3 Å². The second-order valence-electron chi connectivity index (χ2n) is 6.76. The number of hydrogen-bond donors (Lipinski definition) is 0. The minimum absolute atomic E-state index is 0.0461. The molecule has 8 heteroatoms. The molecule has 1 aliphatic rings. The molecule has 6 nitrogen and oxygen atoms in total. The van der Waals surface area contributed by atoms with Crippen LogP contribution >= 0.6 is 0 Å². The van der Waals surface area contributed by atoms with Crippen molar-refractivity contribution in [3.8, 4) is 5.75 Å². The van der Waals surface area contributed by atoms with E-state index in [1.807, 2.05) is 31.2 Å². The molecule has 28 heavy (non-hydrogen) atoms. The zero-order valence-corrected chi connectivity index (χ0v) is 16.7. The van der Waals surface area contributed by atoms with Crippen molar-refractivity contribution >= 4 is 15.9 Å². The van der Waals surface area contributed by atoms with Gasteiger partial charge in [-0.3, -0.25) is 4.79 Å². The number of ether oxygens (including phenoxy) is 1. The molecule has 1 aliphatic heterocycles. The van der Waals surface area contributed by atoms with Gasteiger partial charge in [-0.25, -0.2) is 12.8 Å². The summed E-state index contributed by atoms with van der Waals surface area (Å²) in [5.74, 6) is -0.0553. The molecule has 1 fully saturated rings. The average Bonchev–Trinajstić information content (AvgIpc) is 2.69. The van der Waals surface area contributed by atoms with E-state index in [2.05, 4.69) is 0 Å². The van der Waals surface area contributed by atoms with E-state index in [1.165, 1.54) is 16.4 Å². The number of hydrogen-bond acceptors (Lipinski definition) is 4. The number of carbonyl (C=O) groups excluding carboxylic acids is 1. The summed E-state index contributed by atoms with van der Waals surface area (Å²) < 4.78 is 45.4. The van der Waals surface area contributed by atoms with Gasteiger partial charge in [-0.1, -0.05) is 17.7 Å². The van der Waals surface area contributed by atoms with E-state index in [0.717, 1.165) is 17.7 Å². The molecule has 0 unspecified atom stereocenters. The van der Waals surface area contributed by atoms with Crippen LogP contribution in [-0.2, 0) is 14.8 Å².